The number of fused-ring (bicyclic) bond motifs is 1. The summed E-state index contributed by atoms with van der Waals surface area (Å²) < 4.78 is 21.9. The number of likely N-dealkylation sites (tertiary alicyclic amines) is 1. The van der Waals surface area contributed by atoms with Crippen LogP contribution in [0.25, 0.3) is 16.9 Å². The molecule has 0 unspecified atom stereocenters. The normalized spacial score (nSPS) is 21.6. The highest BCUT2D eigenvalue weighted by Crippen LogP contribution is 2.36. The van der Waals surface area contributed by atoms with Crippen molar-refractivity contribution in [2.24, 2.45) is 5.92 Å². The minimum absolute atomic E-state index is 0.0525. The van der Waals surface area contributed by atoms with E-state index in [9.17, 15) is 9.59 Å². The lowest BCUT2D eigenvalue weighted by Crippen LogP contribution is -2.45. The molecule has 1 saturated carbocycles. The van der Waals surface area contributed by atoms with Crippen molar-refractivity contribution in [1.82, 2.24) is 19.5 Å². The highest BCUT2D eigenvalue weighted by atomic mass is 19.1. The van der Waals surface area contributed by atoms with Crippen LogP contribution in [-0.2, 0) is 16.0 Å². The van der Waals surface area contributed by atoms with Gasteiger partial charge in [0.05, 0.1) is 18.7 Å². The van der Waals surface area contributed by atoms with Crippen LogP contribution in [0, 0.1) is 11.7 Å². The molecule has 0 radical (unpaired) electrons. The molecule has 1 amide bonds. The van der Waals surface area contributed by atoms with Crippen LogP contribution in [0.1, 0.15) is 68.6 Å². The maximum absolute atomic E-state index is 15.4. The number of aromatic nitrogens is 3. The minimum Gasteiger partial charge on any atom is -0.469 e. The number of hydrogen-bond acceptors (Lipinski definition) is 6. The van der Waals surface area contributed by atoms with Crippen LogP contribution < -0.4 is 4.90 Å². The number of anilines is 1. The molecular formula is C29H36FN5O3. The molecule has 202 valence electrons. The van der Waals surface area contributed by atoms with E-state index in [1.54, 1.807) is 16.6 Å². The van der Waals surface area contributed by atoms with Crippen LogP contribution in [0.3, 0.4) is 0 Å². The van der Waals surface area contributed by atoms with Crippen LogP contribution in [-0.4, -0.2) is 64.2 Å². The molecule has 5 rings (SSSR count). The van der Waals surface area contributed by atoms with Gasteiger partial charge in [-0.1, -0.05) is 19.8 Å². The molecule has 1 aromatic carbocycles. The third kappa shape index (κ3) is 4.86. The van der Waals surface area contributed by atoms with Crippen molar-refractivity contribution in [3.05, 3.63) is 47.5 Å². The molecule has 8 nitrogen and oxygen atoms in total. The number of hydrogen-bond donors (Lipinski definition) is 0. The summed E-state index contributed by atoms with van der Waals surface area (Å²) in [5, 5.41) is 4.66. The Morgan fingerprint density at radius 2 is 1.95 bits per heavy atom. The summed E-state index contributed by atoms with van der Waals surface area (Å²) in [5.74, 6) is -0.708. The highest BCUT2D eigenvalue weighted by Gasteiger charge is 2.37. The van der Waals surface area contributed by atoms with E-state index in [1.807, 2.05) is 35.9 Å². The lowest BCUT2D eigenvalue weighted by molar-refractivity contribution is -0.148. The first-order valence-electron chi connectivity index (χ1n) is 13.6. The second-order valence-electron chi connectivity index (χ2n) is 10.6. The van der Waals surface area contributed by atoms with Crippen molar-refractivity contribution in [3.63, 3.8) is 0 Å². The molecule has 0 spiro atoms. The Morgan fingerprint density at radius 1 is 1.16 bits per heavy atom. The Hall–Kier alpha value is -3.49. The van der Waals surface area contributed by atoms with Gasteiger partial charge in [-0.05, 0) is 63.3 Å². The van der Waals surface area contributed by atoms with Gasteiger partial charge in [-0.3, -0.25) is 9.59 Å². The molecule has 3 aromatic rings. The smallest absolute Gasteiger partial charge is 0.308 e. The van der Waals surface area contributed by atoms with Crippen molar-refractivity contribution in [3.8, 4) is 11.3 Å². The molecule has 38 heavy (non-hydrogen) atoms. The van der Waals surface area contributed by atoms with Crippen LogP contribution >= 0.6 is 0 Å². The van der Waals surface area contributed by atoms with Gasteiger partial charge in [-0.25, -0.2) is 13.9 Å². The van der Waals surface area contributed by atoms with E-state index in [4.69, 9.17) is 4.74 Å². The van der Waals surface area contributed by atoms with E-state index in [0.717, 1.165) is 43.6 Å². The number of esters is 1. The molecule has 2 aromatic heterocycles. The van der Waals surface area contributed by atoms with Crippen molar-refractivity contribution < 1.29 is 18.7 Å². The Bertz CT molecular complexity index is 1350. The number of carbonyl (C=O) groups excluding carboxylic acids is 2. The van der Waals surface area contributed by atoms with Gasteiger partial charge in [0.1, 0.15) is 11.5 Å². The third-order valence-corrected chi connectivity index (χ3v) is 8.23. The van der Waals surface area contributed by atoms with E-state index in [0.29, 0.717) is 41.9 Å². The molecule has 1 aliphatic carbocycles. The third-order valence-electron chi connectivity index (χ3n) is 8.23. The number of nitrogens with zero attached hydrogens (tertiary/aromatic N) is 5. The zero-order valence-electron chi connectivity index (χ0n) is 22.6. The fourth-order valence-corrected chi connectivity index (χ4v) is 5.66. The summed E-state index contributed by atoms with van der Waals surface area (Å²) in [5.41, 5.74) is 3.40. The topological polar surface area (TPSA) is 80.0 Å². The van der Waals surface area contributed by atoms with Gasteiger partial charge in [0.2, 0.25) is 0 Å². The molecule has 1 saturated heterocycles. The zero-order chi connectivity index (χ0) is 27.0. The molecule has 9 heteroatoms. The number of methoxy groups -OCH3 is 1. The van der Waals surface area contributed by atoms with Gasteiger partial charge < -0.3 is 14.5 Å². The molecule has 0 bridgehead atoms. The summed E-state index contributed by atoms with van der Waals surface area (Å²) in [6, 6.07) is 9.03. The number of carbonyl (C=O) groups is 2. The highest BCUT2D eigenvalue weighted by molar-refractivity contribution is 5.93. The quantitative estimate of drug-likeness (QED) is 0.430. The first-order chi connectivity index (χ1) is 18.3. The monoisotopic (exact) mass is 521 g/mol. The molecule has 2 fully saturated rings. The van der Waals surface area contributed by atoms with Crippen LogP contribution in [0.5, 0.6) is 0 Å². The summed E-state index contributed by atoms with van der Waals surface area (Å²) in [4.78, 5) is 33.7. The van der Waals surface area contributed by atoms with Gasteiger partial charge in [0.15, 0.2) is 5.65 Å². The summed E-state index contributed by atoms with van der Waals surface area (Å²) in [6.45, 7) is 4.86. The van der Waals surface area contributed by atoms with E-state index < -0.39 is 0 Å². The Balaban J connectivity index is 1.40. The molecule has 2 aliphatic rings. The van der Waals surface area contributed by atoms with E-state index >= 15 is 4.39 Å². The maximum Gasteiger partial charge on any atom is 0.308 e. The Morgan fingerprint density at radius 3 is 2.66 bits per heavy atom. The number of ether oxygens (including phenoxy) is 1. The van der Waals surface area contributed by atoms with Crippen LogP contribution in [0.15, 0.2) is 30.3 Å². The number of benzene rings is 1. The average molecular weight is 522 g/mol. The first kappa shape index (κ1) is 26.1. The molecule has 1 atom stereocenters. The summed E-state index contributed by atoms with van der Waals surface area (Å²) in [6.07, 6.45) is 6.34. The predicted molar refractivity (Wildman–Crippen MR) is 144 cm³/mol. The van der Waals surface area contributed by atoms with Crippen molar-refractivity contribution >= 4 is 23.2 Å². The maximum atomic E-state index is 15.4. The predicted octanol–water partition coefficient (Wildman–Crippen LogP) is 4.89. The lowest BCUT2D eigenvalue weighted by Gasteiger charge is -2.40. The summed E-state index contributed by atoms with van der Waals surface area (Å²) >= 11 is 0. The Labute approximate surface area is 222 Å². The first-order valence-corrected chi connectivity index (χ1v) is 13.6. The average Bonchev–Trinajstić information content (AvgIpc) is 3.20. The van der Waals surface area contributed by atoms with Crippen LogP contribution in [0.4, 0.5) is 10.1 Å². The van der Waals surface area contributed by atoms with Gasteiger partial charge >= 0.3 is 5.97 Å². The van der Waals surface area contributed by atoms with Crippen molar-refractivity contribution in [1.29, 1.82) is 0 Å². The van der Waals surface area contributed by atoms with Crippen LogP contribution in [0.2, 0.25) is 0 Å². The fraction of sp³-hybridized carbons (Fsp3) is 0.517. The van der Waals surface area contributed by atoms with Crippen molar-refractivity contribution in [2.75, 3.05) is 25.6 Å². The SMILES string of the molecule is CCc1cc(C(=O)N2CCCCC[C@H]2C)nc2cc(-c3ccc(N(C)[C@H]4C[C@H](C(=O)OC)C4)cc3F)nn12. The second kappa shape index (κ2) is 10.7. The number of amides is 1. The molecular weight excluding hydrogens is 485 g/mol. The zero-order valence-corrected chi connectivity index (χ0v) is 22.6. The number of rotatable bonds is 6. The minimum atomic E-state index is -0.380. The number of aryl methyl sites for hydroxylation is 1. The van der Waals surface area contributed by atoms with Gasteiger partial charge in [-0.15, -0.1) is 0 Å². The van der Waals surface area contributed by atoms with E-state index in [-0.39, 0.29) is 35.7 Å². The van der Waals surface area contributed by atoms with Gasteiger partial charge in [0.25, 0.3) is 5.91 Å². The lowest BCUT2D eigenvalue weighted by atomic mass is 9.79. The van der Waals surface area contributed by atoms with E-state index in [2.05, 4.69) is 17.0 Å². The Kier molecular flexibility index (Phi) is 7.36. The molecule has 1 aliphatic heterocycles. The van der Waals surface area contributed by atoms with E-state index in [1.165, 1.54) is 13.2 Å². The molecule has 0 N–H and O–H groups in total. The van der Waals surface area contributed by atoms with Gasteiger partial charge in [0, 0.05) is 48.7 Å². The van der Waals surface area contributed by atoms with Gasteiger partial charge in [-0.2, -0.15) is 5.10 Å². The summed E-state index contributed by atoms with van der Waals surface area (Å²) in [7, 11) is 3.32. The fourth-order valence-electron chi connectivity index (χ4n) is 5.66. The number of halogens is 1. The largest absolute Gasteiger partial charge is 0.469 e. The second-order valence-corrected chi connectivity index (χ2v) is 10.6. The van der Waals surface area contributed by atoms with Crippen molar-refractivity contribution in [2.45, 2.75) is 70.9 Å². The molecule has 3 heterocycles. The standard InChI is InChI=1S/C29H36FN5O3/c1-5-20-16-26(28(36)34-12-8-6-7-9-18(34)2)31-27-17-25(32-35(20)27)23-11-10-21(15-24(23)30)33(3)22-13-19(14-22)29(37)38-4/h10-11,15-19,22H,5-9,12-14H2,1-4H3/t18-,19-,22-/m1/s1.